The lowest BCUT2D eigenvalue weighted by atomic mass is 10.1. The fourth-order valence-corrected chi connectivity index (χ4v) is 2.86. The van der Waals surface area contributed by atoms with E-state index in [9.17, 15) is 27.6 Å². The Hall–Kier alpha value is -3.44. The van der Waals surface area contributed by atoms with E-state index in [1.807, 2.05) is 0 Å². The highest BCUT2D eigenvalue weighted by Gasteiger charge is 2.42. The summed E-state index contributed by atoms with van der Waals surface area (Å²) in [6.45, 7) is 0.961. The lowest BCUT2D eigenvalue weighted by molar-refractivity contribution is -0.189. The van der Waals surface area contributed by atoms with Gasteiger partial charge in [-0.15, -0.1) is 0 Å². The standard InChI is InChI=1S/C20H16ClF3N4O4/c21-12-4-5-15(26-10-12)27-18(30)13-2-1-3-14(32-19(31)20(22,23)24)16(13)28-17(29)11-6-8-25-9-7-11/h1-6,10,25H,7-9H2,(H,28,29)(H,26,27,30). The number of anilines is 2. The van der Waals surface area contributed by atoms with Crippen molar-refractivity contribution in [2.24, 2.45) is 0 Å². The van der Waals surface area contributed by atoms with Gasteiger partial charge in [0.1, 0.15) is 5.82 Å². The molecule has 2 heterocycles. The van der Waals surface area contributed by atoms with Crippen molar-refractivity contribution in [3.8, 4) is 5.75 Å². The smallest absolute Gasteiger partial charge is 0.418 e. The molecule has 3 N–H and O–H groups in total. The number of carbonyl (C=O) groups is 3. The molecule has 1 aromatic carbocycles. The van der Waals surface area contributed by atoms with Gasteiger partial charge in [-0.25, -0.2) is 9.78 Å². The van der Waals surface area contributed by atoms with Crippen molar-refractivity contribution in [1.29, 1.82) is 0 Å². The van der Waals surface area contributed by atoms with Gasteiger partial charge in [-0.1, -0.05) is 23.7 Å². The molecule has 1 aliphatic rings. The predicted molar refractivity (Wildman–Crippen MR) is 110 cm³/mol. The number of nitrogens with zero attached hydrogens (tertiary/aromatic N) is 1. The SMILES string of the molecule is O=C(Nc1c(OC(=O)C(F)(F)F)cccc1C(=O)Nc1ccc(Cl)cn1)C1=CCNCC1. The number of hydrogen-bond donors (Lipinski definition) is 3. The van der Waals surface area contributed by atoms with E-state index in [-0.39, 0.29) is 17.1 Å². The van der Waals surface area contributed by atoms with E-state index in [2.05, 4.69) is 25.7 Å². The molecule has 2 aromatic rings. The minimum Gasteiger partial charge on any atom is -0.418 e. The van der Waals surface area contributed by atoms with Crippen molar-refractivity contribution in [3.63, 3.8) is 0 Å². The van der Waals surface area contributed by atoms with Crippen LogP contribution in [-0.2, 0) is 9.59 Å². The van der Waals surface area contributed by atoms with Gasteiger partial charge in [0.25, 0.3) is 11.8 Å². The number of carbonyl (C=O) groups excluding carboxylic acids is 3. The number of aromatic nitrogens is 1. The second kappa shape index (κ2) is 9.79. The molecule has 0 aliphatic carbocycles. The van der Waals surface area contributed by atoms with Crippen LogP contribution in [0.3, 0.4) is 0 Å². The van der Waals surface area contributed by atoms with Gasteiger partial charge >= 0.3 is 12.1 Å². The van der Waals surface area contributed by atoms with Gasteiger partial charge in [0.15, 0.2) is 5.75 Å². The Morgan fingerprint density at radius 3 is 2.50 bits per heavy atom. The Morgan fingerprint density at radius 2 is 1.88 bits per heavy atom. The molecule has 12 heteroatoms. The molecule has 0 unspecified atom stereocenters. The van der Waals surface area contributed by atoms with Crippen molar-refractivity contribution >= 4 is 40.9 Å². The first-order chi connectivity index (χ1) is 15.1. The summed E-state index contributed by atoms with van der Waals surface area (Å²) in [5.41, 5.74) is -0.260. The van der Waals surface area contributed by atoms with E-state index in [1.165, 1.54) is 30.5 Å². The van der Waals surface area contributed by atoms with Crippen molar-refractivity contribution in [2.45, 2.75) is 12.6 Å². The number of halogens is 4. The molecule has 0 fully saturated rings. The average Bonchev–Trinajstić information content (AvgIpc) is 2.76. The van der Waals surface area contributed by atoms with Crippen LogP contribution in [0.25, 0.3) is 0 Å². The van der Waals surface area contributed by atoms with Gasteiger partial charge in [0.05, 0.1) is 16.3 Å². The highest BCUT2D eigenvalue weighted by Crippen LogP contribution is 2.32. The summed E-state index contributed by atoms with van der Waals surface area (Å²) < 4.78 is 42.6. The fraction of sp³-hybridized carbons (Fsp3) is 0.200. The summed E-state index contributed by atoms with van der Waals surface area (Å²) >= 11 is 5.75. The molecule has 2 amide bonds. The van der Waals surface area contributed by atoms with Crippen LogP contribution in [0.1, 0.15) is 16.8 Å². The van der Waals surface area contributed by atoms with Gasteiger partial charge in [-0.3, -0.25) is 9.59 Å². The average molecular weight is 469 g/mol. The molecule has 1 aliphatic heterocycles. The van der Waals surface area contributed by atoms with Gasteiger partial charge < -0.3 is 20.7 Å². The fourth-order valence-electron chi connectivity index (χ4n) is 2.75. The van der Waals surface area contributed by atoms with Crippen LogP contribution in [0, 0.1) is 0 Å². The molecule has 0 spiro atoms. The number of ether oxygens (including phenoxy) is 1. The van der Waals surface area contributed by atoms with Crippen molar-refractivity contribution in [3.05, 3.63) is 58.8 Å². The van der Waals surface area contributed by atoms with Crippen LogP contribution in [-0.4, -0.2) is 42.0 Å². The molecule has 32 heavy (non-hydrogen) atoms. The number of hydrogen-bond acceptors (Lipinski definition) is 6. The quantitative estimate of drug-likeness (QED) is 0.459. The summed E-state index contributed by atoms with van der Waals surface area (Å²) in [4.78, 5) is 40.7. The first-order valence-corrected chi connectivity index (χ1v) is 9.59. The number of para-hydroxylation sites is 1. The molecule has 1 aromatic heterocycles. The van der Waals surface area contributed by atoms with E-state index in [0.29, 0.717) is 30.1 Å². The summed E-state index contributed by atoms with van der Waals surface area (Å²) in [5, 5.41) is 8.19. The maximum atomic E-state index is 12.8. The van der Waals surface area contributed by atoms with E-state index < -0.39 is 29.7 Å². The van der Waals surface area contributed by atoms with Crippen LogP contribution in [0.15, 0.2) is 48.2 Å². The molecule has 8 nitrogen and oxygen atoms in total. The molecule has 0 atom stereocenters. The monoisotopic (exact) mass is 468 g/mol. The molecule has 0 saturated heterocycles. The number of benzene rings is 1. The number of alkyl halides is 3. The zero-order chi connectivity index (χ0) is 23.3. The third-order valence-corrected chi connectivity index (χ3v) is 4.49. The molecular formula is C20H16ClF3N4O4. The summed E-state index contributed by atoms with van der Waals surface area (Å²) in [7, 11) is 0. The van der Waals surface area contributed by atoms with Gasteiger partial charge in [-0.2, -0.15) is 13.2 Å². The number of nitrogens with one attached hydrogen (secondary N) is 3. The molecular weight excluding hydrogens is 453 g/mol. The molecule has 0 saturated carbocycles. The van der Waals surface area contributed by atoms with Crippen LogP contribution < -0.4 is 20.7 Å². The topological polar surface area (TPSA) is 109 Å². The number of pyridine rings is 1. The molecule has 168 valence electrons. The van der Waals surface area contributed by atoms with E-state index in [1.54, 1.807) is 6.08 Å². The summed E-state index contributed by atoms with van der Waals surface area (Å²) in [6.07, 6.45) is -2.01. The second-order valence-corrected chi connectivity index (χ2v) is 6.96. The van der Waals surface area contributed by atoms with Crippen molar-refractivity contribution < 1.29 is 32.3 Å². The Morgan fingerprint density at radius 1 is 1.09 bits per heavy atom. The zero-order valence-electron chi connectivity index (χ0n) is 16.3. The lowest BCUT2D eigenvalue weighted by Crippen LogP contribution is -2.30. The highest BCUT2D eigenvalue weighted by atomic mass is 35.5. The summed E-state index contributed by atoms with van der Waals surface area (Å²) in [6, 6.07) is 6.38. The maximum Gasteiger partial charge on any atom is 0.491 e. The number of amides is 2. The Kier molecular flexibility index (Phi) is 7.11. The van der Waals surface area contributed by atoms with Gasteiger partial charge in [-0.05, 0) is 37.2 Å². The molecule has 0 bridgehead atoms. The predicted octanol–water partition coefficient (Wildman–Crippen LogP) is 3.31. The number of esters is 1. The van der Waals surface area contributed by atoms with Gasteiger partial charge in [0, 0.05) is 18.3 Å². The minimum absolute atomic E-state index is 0.107. The second-order valence-electron chi connectivity index (χ2n) is 6.52. The highest BCUT2D eigenvalue weighted by molar-refractivity contribution is 6.30. The van der Waals surface area contributed by atoms with Crippen LogP contribution in [0.4, 0.5) is 24.7 Å². The summed E-state index contributed by atoms with van der Waals surface area (Å²) in [5.74, 6) is -4.46. The van der Waals surface area contributed by atoms with Crippen LogP contribution >= 0.6 is 11.6 Å². The van der Waals surface area contributed by atoms with Crippen LogP contribution in [0.5, 0.6) is 5.75 Å². The Labute approximate surface area is 184 Å². The maximum absolute atomic E-state index is 12.8. The zero-order valence-corrected chi connectivity index (χ0v) is 17.0. The molecule has 0 radical (unpaired) electrons. The minimum atomic E-state index is -5.27. The Bertz CT molecular complexity index is 1070. The molecule has 3 rings (SSSR count). The van der Waals surface area contributed by atoms with Crippen molar-refractivity contribution in [1.82, 2.24) is 10.3 Å². The largest absolute Gasteiger partial charge is 0.491 e. The lowest BCUT2D eigenvalue weighted by Gasteiger charge is -2.18. The first-order valence-electron chi connectivity index (χ1n) is 9.21. The van der Waals surface area contributed by atoms with Crippen molar-refractivity contribution in [2.75, 3.05) is 23.7 Å². The van der Waals surface area contributed by atoms with Crippen LogP contribution in [0.2, 0.25) is 5.02 Å². The van der Waals surface area contributed by atoms with E-state index >= 15 is 0 Å². The van der Waals surface area contributed by atoms with E-state index in [0.717, 1.165) is 6.07 Å². The van der Waals surface area contributed by atoms with Gasteiger partial charge in [0.2, 0.25) is 0 Å². The Balaban J connectivity index is 1.95. The third-order valence-electron chi connectivity index (χ3n) is 4.27. The normalized spacial score (nSPS) is 13.7. The number of rotatable bonds is 5. The third kappa shape index (κ3) is 5.83. The first kappa shape index (κ1) is 23.2. The van der Waals surface area contributed by atoms with E-state index in [4.69, 9.17) is 11.6 Å².